The molecule has 0 aliphatic rings. The second-order valence-corrected chi connectivity index (χ2v) is 4.75. The molecule has 3 heteroatoms. The van der Waals surface area contributed by atoms with E-state index in [1.807, 2.05) is 31.2 Å². The Hall–Kier alpha value is -0.800. The smallest absolute Gasteiger partial charge is 0.162 e. The number of Topliss-reactive ketones (excluding diaryl/α,β-unsaturated/α-hetero) is 1. The molecule has 1 rings (SSSR count). The Morgan fingerprint density at radius 1 is 1.25 bits per heavy atom. The molecule has 16 heavy (non-hydrogen) atoms. The Kier molecular flexibility index (Phi) is 6.19. The van der Waals surface area contributed by atoms with Crippen molar-refractivity contribution in [3.05, 3.63) is 29.8 Å². The summed E-state index contributed by atoms with van der Waals surface area (Å²) in [7, 11) is 0. The molecule has 0 spiro atoms. The highest BCUT2D eigenvalue weighted by Gasteiger charge is 2.02. The molecule has 1 aromatic rings. The maximum absolute atomic E-state index is 11.4. The Morgan fingerprint density at radius 2 is 1.94 bits per heavy atom. The second kappa shape index (κ2) is 7.47. The summed E-state index contributed by atoms with van der Waals surface area (Å²) in [4.78, 5) is 12.6. The lowest BCUT2D eigenvalue weighted by atomic mass is 10.1. The van der Waals surface area contributed by atoms with E-state index in [-0.39, 0.29) is 12.4 Å². The van der Waals surface area contributed by atoms with E-state index < -0.39 is 0 Å². The zero-order valence-electron chi connectivity index (χ0n) is 9.61. The third kappa shape index (κ3) is 4.37. The van der Waals surface area contributed by atoms with Gasteiger partial charge in [0, 0.05) is 23.5 Å². The molecule has 0 aromatic heterocycles. The zero-order valence-corrected chi connectivity index (χ0v) is 10.4. The first kappa shape index (κ1) is 13.3. The Balaban J connectivity index is 2.42. The maximum Gasteiger partial charge on any atom is 0.162 e. The van der Waals surface area contributed by atoms with Crippen LogP contribution in [0, 0.1) is 0 Å². The van der Waals surface area contributed by atoms with Gasteiger partial charge in [-0.1, -0.05) is 19.1 Å². The SMILES string of the molecule is CCC(=O)c1ccc(SCCCCO)cc1. The number of aliphatic hydroxyl groups is 1. The number of thioether (sulfide) groups is 1. The summed E-state index contributed by atoms with van der Waals surface area (Å²) >= 11 is 1.77. The zero-order chi connectivity index (χ0) is 11.8. The number of carbonyl (C=O) groups is 1. The molecule has 0 aliphatic heterocycles. The second-order valence-electron chi connectivity index (χ2n) is 3.58. The molecule has 0 radical (unpaired) electrons. The Bertz CT molecular complexity index is 319. The predicted octanol–water partition coefficient (Wildman–Crippen LogP) is 3.14. The molecule has 0 fully saturated rings. The minimum Gasteiger partial charge on any atom is -0.396 e. The lowest BCUT2D eigenvalue weighted by molar-refractivity contribution is 0.0988. The van der Waals surface area contributed by atoms with Crippen molar-refractivity contribution in [2.45, 2.75) is 31.1 Å². The minimum atomic E-state index is 0.192. The summed E-state index contributed by atoms with van der Waals surface area (Å²) in [6, 6.07) is 7.76. The van der Waals surface area contributed by atoms with Gasteiger partial charge in [-0.25, -0.2) is 0 Å². The van der Waals surface area contributed by atoms with E-state index in [1.165, 1.54) is 4.90 Å². The lowest BCUT2D eigenvalue weighted by Gasteiger charge is -2.02. The van der Waals surface area contributed by atoms with E-state index in [9.17, 15) is 4.79 Å². The first-order valence-electron chi connectivity index (χ1n) is 5.65. The van der Waals surface area contributed by atoms with Crippen molar-refractivity contribution < 1.29 is 9.90 Å². The molecule has 0 bridgehead atoms. The summed E-state index contributed by atoms with van der Waals surface area (Å²) in [5, 5.41) is 8.64. The molecule has 0 saturated carbocycles. The van der Waals surface area contributed by atoms with Gasteiger partial charge in [0.1, 0.15) is 0 Å². The number of benzene rings is 1. The van der Waals surface area contributed by atoms with Gasteiger partial charge in [0.15, 0.2) is 5.78 Å². The molecule has 0 atom stereocenters. The van der Waals surface area contributed by atoms with Crippen LogP contribution in [-0.2, 0) is 0 Å². The summed E-state index contributed by atoms with van der Waals surface area (Å²) in [5.74, 6) is 1.21. The highest BCUT2D eigenvalue weighted by molar-refractivity contribution is 7.99. The molecule has 1 aromatic carbocycles. The van der Waals surface area contributed by atoms with Gasteiger partial charge in [0.25, 0.3) is 0 Å². The summed E-state index contributed by atoms with van der Waals surface area (Å²) in [5.41, 5.74) is 0.794. The molecule has 2 nitrogen and oxygen atoms in total. The predicted molar refractivity (Wildman–Crippen MR) is 68.1 cm³/mol. The van der Waals surface area contributed by atoms with Crippen LogP contribution in [0.2, 0.25) is 0 Å². The Morgan fingerprint density at radius 3 is 2.50 bits per heavy atom. The molecule has 0 amide bonds. The topological polar surface area (TPSA) is 37.3 Å². The van der Waals surface area contributed by atoms with E-state index in [0.29, 0.717) is 6.42 Å². The van der Waals surface area contributed by atoms with Crippen molar-refractivity contribution in [2.75, 3.05) is 12.4 Å². The van der Waals surface area contributed by atoms with Crippen molar-refractivity contribution in [1.82, 2.24) is 0 Å². The van der Waals surface area contributed by atoms with Gasteiger partial charge in [-0.3, -0.25) is 4.79 Å². The molecular formula is C13H18O2S. The van der Waals surface area contributed by atoms with Crippen molar-refractivity contribution in [1.29, 1.82) is 0 Å². The van der Waals surface area contributed by atoms with Gasteiger partial charge in [-0.2, -0.15) is 0 Å². The van der Waals surface area contributed by atoms with E-state index in [1.54, 1.807) is 11.8 Å². The number of hydrogen-bond donors (Lipinski definition) is 1. The quantitative estimate of drug-likeness (QED) is 0.450. The highest BCUT2D eigenvalue weighted by Crippen LogP contribution is 2.20. The fourth-order valence-electron chi connectivity index (χ4n) is 1.35. The highest BCUT2D eigenvalue weighted by atomic mass is 32.2. The van der Waals surface area contributed by atoms with Crippen LogP contribution in [-0.4, -0.2) is 23.2 Å². The molecule has 1 N–H and O–H groups in total. The van der Waals surface area contributed by atoms with E-state index >= 15 is 0 Å². The number of carbonyl (C=O) groups excluding carboxylic acids is 1. The first-order chi connectivity index (χ1) is 7.77. The molecule has 0 aliphatic carbocycles. The lowest BCUT2D eigenvalue weighted by Crippen LogP contribution is -1.95. The summed E-state index contributed by atoms with van der Waals surface area (Å²) in [6.07, 6.45) is 2.44. The Labute approximate surface area is 101 Å². The van der Waals surface area contributed by atoms with Gasteiger partial charge in [0.05, 0.1) is 0 Å². The van der Waals surface area contributed by atoms with Crippen LogP contribution in [0.5, 0.6) is 0 Å². The average molecular weight is 238 g/mol. The van der Waals surface area contributed by atoms with Crippen molar-refractivity contribution in [3.63, 3.8) is 0 Å². The van der Waals surface area contributed by atoms with Gasteiger partial charge >= 0.3 is 0 Å². The number of ketones is 1. The van der Waals surface area contributed by atoms with Gasteiger partial charge in [-0.05, 0) is 30.7 Å². The van der Waals surface area contributed by atoms with E-state index in [4.69, 9.17) is 5.11 Å². The van der Waals surface area contributed by atoms with Gasteiger partial charge in [0.2, 0.25) is 0 Å². The molecular weight excluding hydrogens is 220 g/mol. The van der Waals surface area contributed by atoms with Crippen LogP contribution in [0.3, 0.4) is 0 Å². The molecule has 0 unspecified atom stereocenters. The average Bonchev–Trinajstić information content (AvgIpc) is 2.34. The molecule has 88 valence electrons. The number of rotatable bonds is 7. The van der Waals surface area contributed by atoms with Crippen LogP contribution >= 0.6 is 11.8 Å². The summed E-state index contributed by atoms with van der Waals surface area (Å²) in [6.45, 7) is 2.14. The monoisotopic (exact) mass is 238 g/mol. The van der Waals surface area contributed by atoms with Gasteiger partial charge in [-0.15, -0.1) is 11.8 Å². The van der Waals surface area contributed by atoms with Crippen LogP contribution in [0.25, 0.3) is 0 Å². The minimum absolute atomic E-state index is 0.192. The fraction of sp³-hybridized carbons (Fsp3) is 0.462. The third-order valence-electron chi connectivity index (χ3n) is 2.32. The number of aliphatic hydroxyl groups excluding tert-OH is 1. The van der Waals surface area contributed by atoms with Crippen LogP contribution in [0.15, 0.2) is 29.2 Å². The number of unbranched alkanes of at least 4 members (excludes halogenated alkanes) is 1. The van der Waals surface area contributed by atoms with Crippen LogP contribution < -0.4 is 0 Å². The van der Waals surface area contributed by atoms with Crippen LogP contribution in [0.4, 0.5) is 0 Å². The first-order valence-corrected chi connectivity index (χ1v) is 6.63. The third-order valence-corrected chi connectivity index (χ3v) is 3.42. The van der Waals surface area contributed by atoms with Crippen molar-refractivity contribution >= 4 is 17.5 Å². The molecule has 0 heterocycles. The van der Waals surface area contributed by atoms with Crippen LogP contribution in [0.1, 0.15) is 36.5 Å². The largest absolute Gasteiger partial charge is 0.396 e. The van der Waals surface area contributed by atoms with Gasteiger partial charge < -0.3 is 5.11 Å². The maximum atomic E-state index is 11.4. The summed E-state index contributed by atoms with van der Waals surface area (Å²) < 4.78 is 0. The van der Waals surface area contributed by atoms with Crippen molar-refractivity contribution in [2.24, 2.45) is 0 Å². The van der Waals surface area contributed by atoms with E-state index in [2.05, 4.69) is 0 Å². The number of hydrogen-bond acceptors (Lipinski definition) is 3. The normalized spacial score (nSPS) is 10.4. The standard InChI is InChI=1S/C13H18O2S/c1-2-13(15)11-5-7-12(8-6-11)16-10-4-3-9-14/h5-8,14H,2-4,9-10H2,1H3. The van der Waals surface area contributed by atoms with Crippen molar-refractivity contribution in [3.8, 4) is 0 Å². The fourth-order valence-corrected chi connectivity index (χ4v) is 2.26. The molecule has 0 saturated heterocycles. The van der Waals surface area contributed by atoms with E-state index in [0.717, 1.165) is 24.2 Å².